The van der Waals surface area contributed by atoms with E-state index in [4.69, 9.17) is 14.2 Å². The summed E-state index contributed by atoms with van der Waals surface area (Å²) in [5.74, 6) is 1.85. The Kier molecular flexibility index (Phi) is 11.2. The average molecular weight is 471 g/mol. The van der Waals surface area contributed by atoms with Crippen LogP contribution in [0.2, 0.25) is 0 Å². The summed E-state index contributed by atoms with van der Waals surface area (Å²) in [5.41, 5.74) is 1.91. The number of nitrogens with zero attached hydrogens (tertiary/aromatic N) is 1. The van der Waals surface area contributed by atoms with Gasteiger partial charge >= 0.3 is 0 Å². The predicted molar refractivity (Wildman–Crippen MR) is 133 cm³/mol. The molecule has 0 fully saturated rings. The van der Waals surface area contributed by atoms with Crippen LogP contribution in [0.4, 0.5) is 0 Å². The lowest BCUT2D eigenvalue weighted by atomic mass is 10.1. The third-order valence-electron chi connectivity index (χ3n) is 5.80. The van der Waals surface area contributed by atoms with Gasteiger partial charge in [0, 0.05) is 19.5 Å². The summed E-state index contributed by atoms with van der Waals surface area (Å²) in [6, 6.07) is 12.7. The molecule has 1 N–H and O–H groups in total. The molecular weight excluding hydrogens is 432 g/mol. The summed E-state index contributed by atoms with van der Waals surface area (Å²) in [7, 11) is 4.80. The second kappa shape index (κ2) is 14.1. The molecule has 7 nitrogen and oxygen atoms in total. The van der Waals surface area contributed by atoms with Crippen molar-refractivity contribution in [2.24, 2.45) is 0 Å². The molecule has 2 rings (SSSR count). The van der Waals surface area contributed by atoms with Crippen LogP contribution in [0.15, 0.2) is 42.5 Å². The number of unbranched alkanes of at least 4 members (excludes halogenated alkanes) is 1. The molecule has 7 heteroatoms. The minimum atomic E-state index is -0.531. The first-order valence-corrected chi connectivity index (χ1v) is 11.9. The summed E-state index contributed by atoms with van der Waals surface area (Å²) in [5, 5.41) is 2.99. The summed E-state index contributed by atoms with van der Waals surface area (Å²) >= 11 is 0. The summed E-state index contributed by atoms with van der Waals surface area (Å²) in [4.78, 5) is 28.1. The summed E-state index contributed by atoms with van der Waals surface area (Å²) in [6.07, 6.45) is 3.26. The number of aryl methyl sites for hydroxylation is 1. The maximum Gasteiger partial charge on any atom is 0.242 e. The molecule has 0 aliphatic rings. The molecule has 1 atom stereocenters. The molecule has 2 aromatic carbocycles. The highest BCUT2D eigenvalue weighted by Crippen LogP contribution is 2.28. The van der Waals surface area contributed by atoms with Crippen molar-refractivity contribution in [3.63, 3.8) is 0 Å². The van der Waals surface area contributed by atoms with Crippen LogP contribution in [0.5, 0.6) is 17.2 Å². The lowest BCUT2D eigenvalue weighted by Gasteiger charge is -2.31. The van der Waals surface area contributed by atoms with Crippen molar-refractivity contribution in [2.45, 2.75) is 58.5 Å². The monoisotopic (exact) mass is 470 g/mol. The molecule has 2 aromatic rings. The summed E-state index contributed by atoms with van der Waals surface area (Å²) in [6.45, 7) is 4.99. The topological polar surface area (TPSA) is 77.1 Å². The van der Waals surface area contributed by atoms with E-state index in [0.717, 1.165) is 29.7 Å². The van der Waals surface area contributed by atoms with Gasteiger partial charge < -0.3 is 24.4 Å². The van der Waals surface area contributed by atoms with Crippen LogP contribution in [-0.2, 0) is 22.6 Å². The van der Waals surface area contributed by atoms with Crippen LogP contribution >= 0.6 is 0 Å². The van der Waals surface area contributed by atoms with E-state index in [1.54, 1.807) is 26.2 Å². The van der Waals surface area contributed by atoms with E-state index in [1.165, 1.54) is 0 Å². The zero-order valence-electron chi connectivity index (χ0n) is 21.1. The molecule has 0 spiro atoms. The molecule has 0 bridgehead atoms. The Morgan fingerprint density at radius 1 is 0.912 bits per heavy atom. The molecule has 0 heterocycles. The van der Waals surface area contributed by atoms with Crippen molar-refractivity contribution >= 4 is 11.8 Å². The van der Waals surface area contributed by atoms with Gasteiger partial charge in [0.1, 0.15) is 11.8 Å². The van der Waals surface area contributed by atoms with Crippen molar-refractivity contribution in [1.29, 1.82) is 0 Å². The highest BCUT2D eigenvalue weighted by atomic mass is 16.5. The Hall–Kier alpha value is -3.22. The number of rotatable bonds is 14. The predicted octanol–water partition coefficient (Wildman–Crippen LogP) is 4.37. The van der Waals surface area contributed by atoms with E-state index in [0.29, 0.717) is 37.4 Å². The van der Waals surface area contributed by atoms with Gasteiger partial charge in [-0.1, -0.05) is 38.5 Å². The standard InChI is InChI=1S/C27H38N2O5/c1-6-8-17-28-27(31)23(7-2)29(19-21-9-13-22(32-3)14-10-21)26(30)16-12-20-11-15-24(33-4)25(18-20)34-5/h9-11,13-15,18,23H,6-8,12,16-17,19H2,1-5H3,(H,28,31). The fourth-order valence-corrected chi connectivity index (χ4v) is 3.78. The fraction of sp³-hybridized carbons (Fsp3) is 0.481. The first-order valence-electron chi connectivity index (χ1n) is 11.9. The molecule has 186 valence electrons. The van der Waals surface area contributed by atoms with Gasteiger partial charge in [0.2, 0.25) is 11.8 Å². The van der Waals surface area contributed by atoms with E-state index in [-0.39, 0.29) is 18.2 Å². The van der Waals surface area contributed by atoms with Crippen LogP contribution in [-0.4, -0.2) is 50.6 Å². The molecule has 0 saturated carbocycles. The van der Waals surface area contributed by atoms with Gasteiger partial charge in [0.25, 0.3) is 0 Å². The molecule has 0 radical (unpaired) electrons. The highest BCUT2D eigenvalue weighted by molar-refractivity contribution is 5.87. The van der Waals surface area contributed by atoms with Crippen LogP contribution < -0.4 is 19.5 Å². The van der Waals surface area contributed by atoms with Gasteiger partial charge in [0.05, 0.1) is 21.3 Å². The highest BCUT2D eigenvalue weighted by Gasteiger charge is 2.28. The number of hydrogen-bond acceptors (Lipinski definition) is 5. The Morgan fingerprint density at radius 2 is 1.59 bits per heavy atom. The first-order chi connectivity index (χ1) is 16.5. The van der Waals surface area contributed by atoms with Gasteiger partial charge in [-0.05, 0) is 54.7 Å². The minimum Gasteiger partial charge on any atom is -0.497 e. The van der Waals surface area contributed by atoms with Crippen molar-refractivity contribution in [2.75, 3.05) is 27.9 Å². The van der Waals surface area contributed by atoms with Crippen molar-refractivity contribution in [1.82, 2.24) is 10.2 Å². The molecule has 0 aliphatic heterocycles. The smallest absolute Gasteiger partial charge is 0.242 e. The number of carbonyl (C=O) groups excluding carboxylic acids is 2. The third-order valence-corrected chi connectivity index (χ3v) is 5.80. The number of nitrogens with one attached hydrogen (secondary N) is 1. The van der Waals surface area contributed by atoms with E-state index >= 15 is 0 Å². The molecule has 1 unspecified atom stereocenters. The van der Waals surface area contributed by atoms with Crippen molar-refractivity contribution < 1.29 is 23.8 Å². The Labute approximate surface area is 203 Å². The van der Waals surface area contributed by atoms with Gasteiger partial charge in [-0.15, -0.1) is 0 Å². The fourth-order valence-electron chi connectivity index (χ4n) is 3.78. The van der Waals surface area contributed by atoms with Crippen LogP contribution in [0.25, 0.3) is 0 Å². The normalized spacial score (nSPS) is 11.4. The van der Waals surface area contributed by atoms with E-state index in [1.807, 2.05) is 49.4 Å². The number of carbonyl (C=O) groups is 2. The Balaban J connectivity index is 2.20. The van der Waals surface area contributed by atoms with Gasteiger partial charge in [-0.3, -0.25) is 9.59 Å². The zero-order valence-corrected chi connectivity index (χ0v) is 21.1. The second-order valence-electron chi connectivity index (χ2n) is 8.13. The van der Waals surface area contributed by atoms with Crippen molar-refractivity contribution in [3.05, 3.63) is 53.6 Å². The Morgan fingerprint density at radius 3 is 2.18 bits per heavy atom. The number of methoxy groups -OCH3 is 3. The van der Waals surface area contributed by atoms with Gasteiger partial charge in [-0.2, -0.15) is 0 Å². The van der Waals surface area contributed by atoms with Crippen LogP contribution in [0.1, 0.15) is 50.7 Å². The molecular formula is C27H38N2O5. The van der Waals surface area contributed by atoms with Gasteiger partial charge in [0.15, 0.2) is 11.5 Å². The van der Waals surface area contributed by atoms with Gasteiger partial charge in [-0.25, -0.2) is 0 Å². The largest absolute Gasteiger partial charge is 0.497 e. The zero-order chi connectivity index (χ0) is 24.9. The average Bonchev–Trinajstić information content (AvgIpc) is 2.87. The third kappa shape index (κ3) is 7.68. The number of hydrogen-bond donors (Lipinski definition) is 1. The van der Waals surface area contributed by atoms with Crippen LogP contribution in [0, 0.1) is 0 Å². The lowest BCUT2D eigenvalue weighted by Crippen LogP contribution is -2.49. The Bertz CT molecular complexity index is 914. The maximum atomic E-state index is 13.4. The van der Waals surface area contributed by atoms with E-state index < -0.39 is 6.04 Å². The number of ether oxygens (including phenoxy) is 3. The first kappa shape index (κ1) is 27.0. The molecule has 0 aromatic heterocycles. The lowest BCUT2D eigenvalue weighted by molar-refractivity contribution is -0.141. The SMILES string of the molecule is CCCCNC(=O)C(CC)N(Cc1ccc(OC)cc1)C(=O)CCc1ccc(OC)c(OC)c1. The molecule has 34 heavy (non-hydrogen) atoms. The summed E-state index contributed by atoms with van der Waals surface area (Å²) < 4.78 is 15.9. The quantitative estimate of drug-likeness (QED) is 0.415. The number of benzene rings is 2. The van der Waals surface area contributed by atoms with Crippen LogP contribution in [0.3, 0.4) is 0 Å². The van der Waals surface area contributed by atoms with E-state index in [9.17, 15) is 9.59 Å². The maximum absolute atomic E-state index is 13.4. The minimum absolute atomic E-state index is 0.0666. The van der Waals surface area contributed by atoms with Crippen molar-refractivity contribution in [3.8, 4) is 17.2 Å². The molecule has 2 amide bonds. The molecule has 0 saturated heterocycles. The number of amides is 2. The van der Waals surface area contributed by atoms with E-state index in [2.05, 4.69) is 12.2 Å². The molecule has 0 aliphatic carbocycles. The second-order valence-corrected chi connectivity index (χ2v) is 8.13.